The number of aromatic amines is 1. The van der Waals surface area contributed by atoms with Gasteiger partial charge >= 0.3 is 17.6 Å². The Morgan fingerprint density at radius 1 is 1.14 bits per heavy atom. The van der Waals surface area contributed by atoms with Crippen molar-refractivity contribution >= 4 is 23.5 Å². The zero-order valence-electron chi connectivity index (χ0n) is 18.7. The molecule has 14 heteroatoms. The zero-order valence-corrected chi connectivity index (χ0v) is 19.4. The average molecular weight is 530 g/mol. The van der Waals surface area contributed by atoms with Gasteiger partial charge in [-0.15, -0.1) is 0 Å². The second kappa shape index (κ2) is 10.7. The van der Waals surface area contributed by atoms with Gasteiger partial charge < -0.3 is 14.2 Å². The fourth-order valence-corrected chi connectivity index (χ4v) is 3.85. The number of benzene rings is 2. The summed E-state index contributed by atoms with van der Waals surface area (Å²) < 4.78 is 32.7. The number of H-pyrrole nitrogens is 1. The molecule has 0 radical (unpaired) electrons. The number of hydrogen-bond acceptors (Lipinski definition) is 8. The van der Waals surface area contributed by atoms with Gasteiger partial charge in [0, 0.05) is 22.2 Å². The highest BCUT2D eigenvalue weighted by Gasteiger charge is 2.60. The topological polar surface area (TPSA) is 165 Å². The lowest BCUT2D eigenvalue weighted by Crippen LogP contribution is -2.47. The molecule has 12 nitrogen and oxygen atoms in total. The number of nitrogens with one attached hydrogen (secondary N) is 1. The van der Waals surface area contributed by atoms with Gasteiger partial charge in [-0.2, -0.15) is 0 Å². The van der Waals surface area contributed by atoms with E-state index in [2.05, 4.69) is 10.0 Å². The van der Waals surface area contributed by atoms with Crippen molar-refractivity contribution < 1.29 is 28.2 Å². The number of carbonyl (C=O) groups excluding carboxylic acids is 2. The fourth-order valence-electron chi connectivity index (χ4n) is 3.66. The van der Waals surface area contributed by atoms with Gasteiger partial charge in [-0.1, -0.05) is 41.0 Å². The van der Waals surface area contributed by atoms with E-state index in [9.17, 15) is 24.7 Å². The molecule has 4 atom stereocenters. The highest BCUT2D eigenvalue weighted by atomic mass is 35.5. The Hall–Kier alpha value is -4.45. The minimum atomic E-state index is -2.42. The molecule has 190 valence electrons. The van der Waals surface area contributed by atoms with Crippen molar-refractivity contribution in [3.05, 3.63) is 114 Å². The van der Waals surface area contributed by atoms with Crippen molar-refractivity contribution in [3.63, 3.8) is 0 Å². The highest BCUT2D eigenvalue weighted by Crippen LogP contribution is 2.42. The minimum Gasteiger partial charge on any atom is -0.459 e. The van der Waals surface area contributed by atoms with Gasteiger partial charge in [0.2, 0.25) is 5.72 Å². The van der Waals surface area contributed by atoms with E-state index in [1.54, 1.807) is 18.2 Å². The average Bonchev–Trinajstić information content (AvgIpc) is 3.14. The number of nitrogens with zero attached hydrogens (tertiary/aromatic N) is 4. The van der Waals surface area contributed by atoms with Crippen LogP contribution in [-0.2, 0) is 14.2 Å². The molecule has 37 heavy (non-hydrogen) atoms. The molecule has 2 heterocycles. The number of azide groups is 1. The van der Waals surface area contributed by atoms with Gasteiger partial charge in [-0.25, -0.2) is 18.8 Å². The molecular weight excluding hydrogens is 513 g/mol. The summed E-state index contributed by atoms with van der Waals surface area (Å²) in [5, 5.41) is 3.73. The maximum absolute atomic E-state index is 15.8. The molecule has 0 aliphatic carbocycles. The third-order valence-electron chi connectivity index (χ3n) is 5.38. The number of aromatic nitrogens is 2. The predicted octanol–water partition coefficient (Wildman–Crippen LogP) is 3.15. The monoisotopic (exact) mass is 529 g/mol. The fraction of sp³-hybridized carbons (Fsp3) is 0.217. The van der Waals surface area contributed by atoms with Crippen molar-refractivity contribution in [2.45, 2.75) is 24.2 Å². The molecule has 0 unspecified atom stereocenters. The Balaban J connectivity index is 1.71. The van der Waals surface area contributed by atoms with E-state index in [4.69, 9.17) is 25.8 Å². The van der Waals surface area contributed by atoms with Crippen LogP contribution in [-0.4, -0.2) is 46.1 Å². The van der Waals surface area contributed by atoms with Crippen molar-refractivity contribution in [2.24, 2.45) is 5.11 Å². The summed E-state index contributed by atoms with van der Waals surface area (Å²) in [4.78, 5) is 53.8. The molecule has 0 saturated carbocycles. The first kappa shape index (κ1) is 25.6. The largest absolute Gasteiger partial charge is 0.459 e. The predicted molar refractivity (Wildman–Crippen MR) is 126 cm³/mol. The molecule has 3 aromatic rings. The maximum Gasteiger partial charge on any atom is 0.338 e. The quantitative estimate of drug-likeness (QED) is 0.212. The molecule has 0 bridgehead atoms. The Labute approximate surface area is 211 Å². The van der Waals surface area contributed by atoms with E-state index >= 15 is 4.39 Å². The van der Waals surface area contributed by atoms with Crippen LogP contribution in [0.25, 0.3) is 10.4 Å². The van der Waals surface area contributed by atoms with E-state index in [0.717, 1.165) is 12.3 Å². The van der Waals surface area contributed by atoms with Crippen LogP contribution in [0.4, 0.5) is 4.39 Å². The summed E-state index contributed by atoms with van der Waals surface area (Å²) in [5.41, 5.74) is 5.12. The number of alkyl halides is 1. The van der Waals surface area contributed by atoms with Crippen molar-refractivity contribution in [1.82, 2.24) is 9.55 Å². The van der Waals surface area contributed by atoms with Gasteiger partial charge in [-0.05, 0) is 35.9 Å². The molecule has 1 aliphatic heterocycles. The lowest BCUT2D eigenvalue weighted by molar-refractivity contribution is -0.129. The van der Waals surface area contributed by atoms with Crippen molar-refractivity contribution in [2.75, 3.05) is 6.61 Å². The van der Waals surface area contributed by atoms with Gasteiger partial charge in [0.25, 0.3) is 5.56 Å². The number of esters is 2. The number of ether oxygens (including phenoxy) is 3. The first-order chi connectivity index (χ1) is 17.7. The molecule has 1 N–H and O–H groups in total. The molecular formula is C23H17ClFN5O7. The number of rotatable bonds is 7. The molecule has 1 aliphatic rings. The number of hydrogen-bond donors (Lipinski definition) is 1. The van der Waals surface area contributed by atoms with E-state index < -0.39 is 54.0 Å². The van der Waals surface area contributed by atoms with Gasteiger partial charge in [0.1, 0.15) is 6.61 Å². The Kier molecular flexibility index (Phi) is 7.39. The van der Waals surface area contributed by atoms with Crippen LogP contribution in [0.1, 0.15) is 26.9 Å². The lowest BCUT2D eigenvalue weighted by atomic mass is 10.1. The van der Waals surface area contributed by atoms with Crippen LogP contribution >= 0.6 is 11.6 Å². The SMILES string of the molecule is [N-]=[N+]=N[C@]1(COC(=O)c2cccc(Cl)c2)O[C@@H](n2ccc(=O)[nH]c2=O)[C@H](F)[C@@H]1OC(=O)c1ccccc1. The lowest BCUT2D eigenvalue weighted by Gasteiger charge is -2.28. The molecule has 1 fully saturated rings. The second-order valence-corrected chi connectivity index (χ2v) is 8.22. The zero-order chi connectivity index (χ0) is 26.6. The highest BCUT2D eigenvalue weighted by molar-refractivity contribution is 6.30. The molecule has 2 aromatic carbocycles. The number of halogens is 2. The molecule has 0 spiro atoms. The number of carbonyl (C=O) groups is 2. The third-order valence-corrected chi connectivity index (χ3v) is 5.62. The summed E-state index contributed by atoms with van der Waals surface area (Å²) in [5.74, 6) is -1.92. The van der Waals surface area contributed by atoms with Crippen molar-refractivity contribution in [3.8, 4) is 0 Å². The maximum atomic E-state index is 15.8. The molecule has 1 aromatic heterocycles. The van der Waals surface area contributed by atoms with Crippen LogP contribution in [0.2, 0.25) is 5.02 Å². The second-order valence-electron chi connectivity index (χ2n) is 7.78. The summed E-state index contributed by atoms with van der Waals surface area (Å²) in [6.07, 6.45) is -5.13. The minimum absolute atomic E-state index is 0.0321. The standard InChI is InChI=1S/C23H17ClFN5O7/c24-15-8-4-7-14(11-15)20(32)35-12-23(28-29-26)18(36-21(33)13-5-2-1-3-6-13)17(25)19(37-23)30-10-9-16(31)27-22(30)34/h1-11,17-19H,12H2,(H,27,31,34)/t17-,18+,19-,23-/m1/s1. The van der Waals surface area contributed by atoms with Crippen LogP contribution in [0.3, 0.4) is 0 Å². The van der Waals surface area contributed by atoms with E-state index in [0.29, 0.717) is 4.57 Å². The summed E-state index contributed by atoms with van der Waals surface area (Å²) in [7, 11) is 0. The first-order valence-electron chi connectivity index (χ1n) is 10.6. The van der Waals surface area contributed by atoms with Gasteiger partial charge in [-0.3, -0.25) is 14.3 Å². The Bertz CT molecular complexity index is 1490. The van der Waals surface area contributed by atoms with E-state index in [1.165, 1.54) is 36.4 Å². The normalized spacial score (nSPS) is 22.6. The molecule has 0 amide bonds. The van der Waals surface area contributed by atoms with Crippen LogP contribution < -0.4 is 11.2 Å². The molecule has 4 rings (SSSR count). The van der Waals surface area contributed by atoms with Gasteiger partial charge in [0.15, 0.2) is 18.5 Å². The smallest absolute Gasteiger partial charge is 0.338 e. The third kappa shape index (κ3) is 5.38. The molecule has 1 saturated heterocycles. The summed E-state index contributed by atoms with van der Waals surface area (Å²) >= 11 is 5.90. The van der Waals surface area contributed by atoms with Crippen molar-refractivity contribution in [1.29, 1.82) is 0 Å². The van der Waals surface area contributed by atoms with E-state index in [1.807, 2.05) is 4.98 Å². The van der Waals surface area contributed by atoms with E-state index in [-0.39, 0.29) is 16.1 Å². The van der Waals surface area contributed by atoms with Crippen LogP contribution in [0.5, 0.6) is 0 Å². The Morgan fingerprint density at radius 3 is 2.54 bits per heavy atom. The first-order valence-corrected chi connectivity index (χ1v) is 11.0. The van der Waals surface area contributed by atoms with Crippen LogP contribution in [0, 0.1) is 0 Å². The Morgan fingerprint density at radius 2 is 1.86 bits per heavy atom. The van der Waals surface area contributed by atoms with Crippen LogP contribution in [0.15, 0.2) is 81.6 Å². The summed E-state index contributed by atoms with van der Waals surface area (Å²) in [6.45, 7) is -0.899. The van der Waals surface area contributed by atoms with Gasteiger partial charge in [0.05, 0.1) is 11.1 Å². The summed E-state index contributed by atoms with van der Waals surface area (Å²) in [6, 6.07) is 14.2.